The van der Waals surface area contributed by atoms with Crippen LogP contribution in [0.3, 0.4) is 0 Å². The third-order valence-corrected chi connectivity index (χ3v) is 7.78. The van der Waals surface area contributed by atoms with Gasteiger partial charge in [-0.15, -0.1) is 11.3 Å². The van der Waals surface area contributed by atoms with Gasteiger partial charge in [-0.05, 0) is 77.9 Å². The molecule has 0 spiro atoms. The first-order valence-corrected chi connectivity index (χ1v) is 11.2. The lowest BCUT2D eigenvalue weighted by molar-refractivity contribution is 0.284. The lowest BCUT2D eigenvalue weighted by Crippen LogP contribution is -2.37. The molecule has 0 N–H and O–H groups in total. The van der Waals surface area contributed by atoms with E-state index in [2.05, 4.69) is 32.7 Å². The van der Waals surface area contributed by atoms with Gasteiger partial charge in [0.05, 0.1) is 20.7 Å². The number of nitrogens with zero attached hydrogens (tertiary/aromatic N) is 2. The van der Waals surface area contributed by atoms with E-state index in [1.165, 1.54) is 24.3 Å². The number of rotatable bonds is 3. The van der Waals surface area contributed by atoms with Crippen molar-refractivity contribution in [2.75, 3.05) is 18.0 Å². The second-order valence-electron chi connectivity index (χ2n) is 7.70. The number of hydrogen-bond donors (Lipinski definition) is 0. The summed E-state index contributed by atoms with van der Waals surface area (Å²) in [4.78, 5) is 6.85. The highest BCUT2D eigenvalue weighted by Gasteiger charge is 2.36. The molecule has 0 amide bonds. The van der Waals surface area contributed by atoms with E-state index in [4.69, 9.17) is 0 Å². The molecule has 2 nitrogen and oxygen atoms in total. The van der Waals surface area contributed by atoms with E-state index >= 15 is 0 Å². The minimum absolute atomic E-state index is 0.0977. The van der Waals surface area contributed by atoms with Crippen LogP contribution < -0.4 is 4.90 Å². The Kier molecular flexibility index (Phi) is 5.65. The van der Waals surface area contributed by atoms with E-state index in [9.17, 15) is 4.39 Å². The molecule has 2 unspecified atom stereocenters. The van der Waals surface area contributed by atoms with Gasteiger partial charge in [0.15, 0.2) is 0 Å². The minimum Gasteiger partial charge on any atom is -0.369 e. The highest BCUT2D eigenvalue weighted by atomic mass is 79.9. The Morgan fingerprint density at radius 3 is 2.65 bits per heavy atom. The number of aromatic nitrogens is 1. The fourth-order valence-corrected chi connectivity index (χ4v) is 6.05. The molecule has 1 aromatic heterocycles. The number of anilines is 1. The van der Waals surface area contributed by atoms with Gasteiger partial charge in [0.2, 0.25) is 0 Å². The van der Waals surface area contributed by atoms with Crippen molar-refractivity contribution in [3.05, 3.63) is 51.0 Å². The monoisotopic (exact) mass is 435 g/mol. The molecular weight excluding hydrogens is 411 g/mol. The van der Waals surface area contributed by atoms with E-state index in [1.54, 1.807) is 29.4 Å². The molecule has 139 valence electrons. The molecule has 2 atom stereocenters. The van der Waals surface area contributed by atoms with Gasteiger partial charge in [-0.2, -0.15) is 0 Å². The van der Waals surface area contributed by atoms with Gasteiger partial charge in [0, 0.05) is 19.0 Å². The number of piperidine rings is 1. The summed E-state index contributed by atoms with van der Waals surface area (Å²) in [5, 5.41) is 1.28. The van der Waals surface area contributed by atoms with Crippen LogP contribution in [0.1, 0.15) is 50.0 Å². The number of halogens is 2. The maximum absolute atomic E-state index is 14.1. The Hall–Kier alpha value is -0.940. The van der Waals surface area contributed by atoms with E-state index in [-0.39, 0.29) is 5.82 Å². The highest BCUT2D eigenvalue weighted by Crippen LogP contribution is 2.47. The van der Waals surface area contributed by atoms with Crippen molar-refractivity contribution in [2.45, 2.75) is 44.9 Å². The van der Waals surface area contributed by atoms with Crippen molar-refractivity contribution in [1.29, 1.82) is 0 Å². The van der Waals surface area contributed by atoms with E-state index < -0.39 is 0 Å². The topological polar surface area (TPSA) is 16.1 Å². The van der Waals surface area contributed by atoms with Gasteiger partial charge in [-0.25, -0.2) is 9.37 Å². The summed E-state index contributed by atoms with van der Waals surface area (Å²) in [5.74, 6) is 3.60. The van der Waals surface area contributed by atoms with Crippen molar-refractivity contribution in [3.63, 3.8) is 0 Å². The molecule has 2 aliphatic rings. The van der Waals surface area contributed by atoms with Crippen molar-refractivity contribution in [1.82, 2.24) is 4.98 Å². The van der Waals surface area contributed by atoms with Gasteiger partial charge in [-0.3, -0.25) is 0 Å². The summed E-state index contributed by atoms with van der Waals surface area (Å²) in [6.07, 6.45) is 7.94. The lowest BCUT2D eigenvalue weighted by atomic mass is 9.68. The normalized spacial score (nSPS) is 25.6. The zero-order chi connectivity index (χ0) is 18.1. The van der Waals surface area contributed by atoms with E-state index in [0.29, 0.717) is 17.8 Å². The minimum atomic E-state index is -0.0977. The van der Waals surface area contributed by atoms with Crippen molar-refractivity contribution in [2.24, 2.45) is 11.8 Å². The van der Waals surface area contributed by atoms with Crippen LogP contribution in [0, 0.1) is 23.6 Å². The zero-order valence-electron chi connectivity index (χ0n) is 15.1. The molecule has 1 saturated carbocycles. The highest BCUT2D eigenvalue weighted by molar-refractivity contribution is 9.11. The second-order valence-corrected chi connectivity index (χ2v) is 10.1. The third kappa shape index (κ3) is 3.84. The predicted molar refractivity (Wildman–Crippen MR) is 110 cm³/mol. The Labute approximate surface area is 168 Å². The van der Waals surface area contributed by atoms with E-state index in [0.717, 1.165) is 35.4 Å². The van der Waals surface area contributed by atoms with Crippen molar-refractivity contribution >= 4 is 33.0 Å². The van der Waals surface area contributed by atoms with Gasteiger partial charge in [-0.1, -0.05) is 19.1 Å². The van der Waals surface area contributed by atoms with Crippen LogP contribution in [0.25, 0.3) is 0 Å². The summed E-state index contributed by atoms with van der Waals surface area (Å²) in [6, 6.07) is 7.16. The molecule has 2 fully saturated rings. The molecule has 1 radical (unpaired) electrons. The number of benzene rings is 1. The van der Waals surface area contributed by atoms with Crippen molar-refractivity contribution in [3.8, 4) is 0 Å². The molecule has 2 aromatic rings. The van der Waals surface area contributed by atoms with Crippen LogP contribution in [0.2, 0.25) is 0 Å². The average Bonchev–Trinajstić information content (AvgIpc) is 3.09. The quantitative estimate of drug-likeness (QED) is 0.551. The summed E-state index contributed by atoms with van der Waals surface area (Å²) in [5.41, 5.74) is 0.763. The maximum atomic E-state index is 14.1. The molecule has 1 saturated heterocycles. The Balaban J connectivity index is 1.39. The first-order valence-electron chi connectivity index (χ1n) is 9.57. The first kappa shape index (κ1) is 18.4. The Morgan fingerprint density at radius 1 is 1.19 bits per heavy atom. The van der Waals surface area contributed by atoms with Crippen LogP contribution in [0.4, 0.5) is 10.1 Å². The molecule has 1 aliphatic carbocycles. The molecular formula is C21H25BrFN2S. The maximum Gasteiger partial charge on any atom is 0.146 e. The lowest BCUT2D eigenvalue weighted by Gasteiger charge is -2.41. The summed E-state index contributed by atoms with van der Waals surface area (Å²) >= 11 is 5.35. The Morgan fingerprint density at radius 2 is 1.96 bits per heavy atom. The first-order chi connectivity index (χ1) is 12.6. The van der Waals surface area contributed by atoms with Gasteiger partial charge in [0.1, 0.15) is 5.82 Å². The molecule has 1 aliphatic heterocycles. The van der Waals surface area contributed by atoms with Crippen LogP contribution in [-0.4, -0.2) is 18.1 Å². The number of thiazole rings is 1. The van der Waals surface area contributed by atoms with Gasteiger partial charge >= 0.3 is 0 Å². The van der Waals surface area contributed by atoms with Crippen molar-refractivity contribution < 1.29 is 4.39 Å². The predicted octanol–water partition coefficient (Wildman–Crippen LogP) is 6.44. The average molecular weight is 436 g/mol. The molecule has 1 aromatic carbocycles. The van der Waals surface area contributed by atoms with Gasteiger partial charge in [0.25, 0.3) is 0 Å². The summed E-state index contributed by atoms with van der Waals surface area (Å²) < 4.78 is 15.2. The van der Waals surface area contributed by atoms with Gasteiger partial charge < -0.3 is 4.90 Å². The summed E-state index contributed by atoms with van der Waals surface area (Å²) in [7, 11) is 0. The standard InChI is InChI=1S/C21H25BrFN2S/c1-14-6-7-16(12-17(14)21-24-13-20(22)26-21)15-8-10-25(11-9-15)19-5-3-2-4-18(19)23/h2-5,13-15,17H,6-12H2,1H3. The fourth-order valence-electron chi connectivity index (χ4n) is 4.58. The van der Waals surface area contributed by atoms with Crippen LogP contribution >= 0.6 is 27.3 Å². The van der Waals surface area contributed by atoms with E-state index in [1.807, 2.05) is 18.3 Å². The smallest absolute Gasteiger partial charge is 0.146 e. The molecule has 5 heteroatoms. The third-order valence-electron chi connectivity index (χ3n) is 6.17. The number of para-hydroxylation sites is 1. The zero-order valence-corrected chi connectivity index (χ0v) is 17.5. The molecule has 4 rings (SSSR count). The molecule has 26 heavy (non-hydrogen) atoms. The Bertz CT molecular complexity index is 741. The fraction of sp³-hybridized carbons (Fsp3) is 0.524. The SMILES string of the molecule is CC1CC[C](C2CCN(c3ccccc3F)CC2)CC1c1ncc(Br)s1. The van der Waals surface area contributed by atoms with Crippen LogP contribution in [0.5, 0.6) is 0 Å². The number of hydrogen-bond acceptors (Lipinski definition) is 3. The largest absolute Gasteiger partial charge is 0.369 e. The van der Waals surface area contributed by atoms with Crippen LogP contribution in [0.15, 0.2) is 34.2 Å². The van der Waals surface area contributed by atoms with Crippen LogP contribution in [-0.2, 0) is 0 Å². The molecule has 2 heterocycles. The molecule has 0 bridgehead atoms. The second kappa shape index (κ2) is 7.97. The summed E-state index contributed by atoms with van der Waals surface area (Å²) in [6.45, 7) is 4.29.